The highest BCUT2D eigenvalue weighted by atomic mass is 16.5. The van der Waals surface area contributed by atoms with E-state index in [1.165, 1.54) is 0 Å². The Morgan fingerprint density at radius 1 is 1.08 bits per heavy atom. The van der Waals surface area contributed by atoms with E-state index in [1.54, 1.807) is 0 Å². The molecular weight excluding hydrogens is 318 g/mol. The molecule has 0 aliphatic carbocycles. The third kappa shape index (κ3) is 6.30. The minimum Gasteiger partial charge on any atom is -0.494 e. The molecule has 0 saturated heterocycles. The Morgan fingerprint density at radius 2 is 1.76 bits per heavy atom. The smallest absolute Gasteiger partial charge is 0.303 e. The molecule has 2 aromatic carbocycles. The van der Waals surface area contributed by atoms with Crippen molar-refractivity contribution in [3.8, 4) is 5.75 Å². The summed E-state index contributed by atoms with van der Waals surface area (Å²) in [5.74, 6) is -0.337. The third-order valence-corrected chi connectivity index (χ3v) is 3.89. The van der Waals surface area contributed by atoms with Crippen LogP contribution in [0.2, 0.25) is 0 Å². The third-order valence-electron chi connectivity index (χ3n) is 3.89. The van der Waals surface area contributed by atoms with E-state index in [9.17, 15) is 9.59 Å². The summed E-state index contributed by atoms with van der Waals surface area (Å²) in [5.41, 5.74) is 1.97. The molecule has 0 spiro atoms. The standard InChI is InChI=1S/C20H23NO4/c1-15(17-6-3-2-4-7-17)20(24)21-14-16-9-11-18(12-10-16)25-13-5-8-19(22)23/h2-4,6-7,9-12,15H,5,8,13-14H2,1H3,(H,21,24)(H,22,23). The summed E-state index contributed by atoms with van der Waals surface area (Å²) in [6.45, 7) is 2.71. The molecular formula is C20H23NO4. The highest BCUT2D eigenvalue weighted by molar-refractivity contribution is 5.83. The Kier molecular flexibility index (Phi) is 7.01. The van der Waals surface area contributed by atoms with Crippen molar-refractivity contribution in [2.24, 2.45) is 0 Å². The van der Waals surface area contributed by atoms with Crippen molar-refractivity contribution in [1.29, 1.82) is 0 Å². The van der Waals surface area contributed by atoms with Crippen LogP contribution in [0.5, 0.6) is 5.75 Å². The zero-order chi connectivity index (χ0) is 18.1. The molecule has 0 aromatic heterocycles. The number of carboxylic acid groups (broad SMARTS) is 1. The second kappa shape index (κ2) is 9.47. The number of carbonyl (C=O) groups is 2. The SMILES string of the molecule is CC(C(=O)NCc1ccc(OCCCC(=O)O)cc1)c1ccccc1. The van der Waals surface area contributed by atoms with Gasteiger partial charge in [0, 0.05) is 13.0 Å². The Labute approximate surface area is 147 Å². The van der Waals surface area contributed by atoms with Crippen LogP contribution in [-0.4, -0.2) is 23.6 Å². The van der Waals surface area contributed by atoms with Gasteiger partial charge >= 0.3 is 5.97 Å². The molecule has 2 rings (SSSR count). The maximum absolute atomic E-state index is 12.2. The summed E-state index contributed by atoms with van der Waals surface area (Å²) in [6.07, 6.45) is 0.578. The second-order valence-corrected chi connectivity index (χ2v) is 5.84. The van der Waals surface area contributed by atoms with Gasteiger partial charge in [0.2, 0.25) is 5.91 Å². The first kappa shape index (κ1) is 18.5. The van der Waals surface area contributed by atoms with E-state index in [4.69, 9.17) is 9.84 Å². The summed E-state index contributed by atoms with van der Waals surface area (Å²) in [6, 6.07) is 17.1. The zero-order valence-corrected chi connectivity index (χ0v) is 14.3. The molecule has 1 atom stereocenters. The van der Waals surface area contributed by atoms with Gasteiger partial charge in [-0.3, -0.25) is 9.59 Å². The lowest BCUT2D eigenvalue weighted by Gasteiger charge is -2.13. The topological polar surface area (TPSA) is 75.6 Å². The number of carboxylic acids is 1. The molecule has 0 saturated carbocycles. The Morgan fingerprint density at radius 3 is 2.40 bits per heavy atom. The second-order valence-electron chi connectivity index (χ2n) is 5.84. The van der Waals surface area contributed by atoms with E-state index >= 15 is 0 Å². The average molecular weight is 341 g/mol. The number of carbonyl (C=O) groups excluding carboxylic acids is 1. The van der Waals surface area contributed by atoms with Crippen LogP contribution in [0.25, 0.3) is 0 Å². The van der Waals surface area contributed by atoms with Crippen LogP contribution in [0.15, 0.2) is 54.6 Å². The first-order valence-electron chi connectivity index (χ1n) is 8.32. The molecule has 0 aliphatic rings. The number of nitrogens with one attached hydrogen (secondary N) is 1. The molecule has 5 heteroatoms. The quantitative estimate of drug-likeness (QED) is 0.686. The lowest BCUT2D eigenvalue weighted by Crippen LogP contribution is -2.27. The predicted molar refractivity (Wildman–Crippen MR) is 95.5 cm³/mol. The van der Waals surface area contributed by atoms with Gasteiger partial charge in [0.15, 0.2) is 0 Å². The van der Waals surface area contributed by atoms with Gasteiger partial charge in [0.05, 0.1) is 12.5 Å². The summed E-state index contributed by atoms with van der Waals surface area (Å²) in [5, 5.41) is 11.5. The Balaban J connectivity index is 1.77. The normalized spacial score (nSPS) is 11.6. The van der Waals surface area contributed by atoms with Crippen LogP contribution >= 0.6 is 0 Å². The Bertz CT molecular complexity index is 683. The molecule has 5 nitrogen and oxygen atoms in total. The number of ether oxygens (including phenoxy) is 1. The van der Waals surface area contributed by atoms with E-state index in [2.05, 4.69) is 5.32 Å². The van der Waals surface area contributed by atoms with Gasteiger partial charge < -0.3 is 15.2 Å². The van der Waals surface area contributed by atoms with Gasteiger partial charge in [-0.15, -0.1) is 0 Å². The van der Waals surface area contributed by atoms with E-state index in [0.29, 0.717) is 25.3 Å². The lowest BCUT2D eigenvalue weighted by atomic mass is 10.0. The maximum Gasteiger partial charge on any atom is 0.303 e. The number of aliphatic carboxylic acids is 1. The van der Waals surface area contributed by atoms with E-state index in [0.717, 1.165) is 11.1 Å². The Hall–Kier alpha value is -2.82. The van der Waals surface area contributed by atoms with Crippen LogP contribution in [0, 0.1) is 0 Å². The van der Waals surface area contributed by atoms with Crippen molar-refractivity contribution >= 4 is 11.9 Å². The molecule has 0 heterocycles. The largest absolute Gasteiger partial charge is 0.494 e. The molecule has 0 radical (unpaired) electrons. The van der Waals surface area contributed by atoms with Crippen molar-refractivity contribution in [3.63, 3.8) is 0 Å². The number of rotatable bonds is 9. The first-order valence-corrected chi connectivity index (χ1v) is 8.32. The fourth-order valence-electron chi connectivity index (χ4n) is 2.35. The van der Waals surface area contributed by atoms with Crippen LogP contribution < -0.4 is 10.1 Å². The maximum atomic E-state index is 12.2. The summed E-state index contributed by atoms with van der Waals surface area (Å²) >= 11 is 0. The van der Waals surface area contributed by atoms with Crippen molar-refractivity contribution in [2.75, 3.05) is 6.61 Å². The minimum absolute atomic E-state index is 0.0137. The molecule has 25 heavy (non-hydrogen) atoms. The molecule has 0 fully saturated rings. The van der Waals surface area contributed by atoms with Crippen LogP contribution in [0.3, 0.4) is 0 Å². The minimum atomic E-state index is -0.820. The van der Waals surface area contributed by atoms with Gasteiger partial charge in [-0.1, -0.05) is 42.5 Å². The van der Waals surface area contributed by atoms with Gasteiger partial charge in [0.25, 0.3) is 0 Å². The van der Waals surface area contributed by atoms with Crippen molar-refractivity contribution in [3.05, 3.63) is 65.7 Å². The lowest BCUT2D eigenvalue weighted by molar-refractivity contribution is -0.137. The van der Waals surface area contributed by atoms with Gasteiger partial charge in [0.1, 0.15) is 5.75 Å². The van der Waals surface area contributed by atoms with Crippen LogP contribution in [0.1, 0.15) is 36.8 Å². The first-order chi connectivity index (χ1) is 12.1. The van der Waals surface area contributed by atoms with Crippen molar-refractivity contribution < 1.29 is 19.4 Å². The van der Waals surface area contributed by atoms with E-state index < -0.39 is 5.97 Å². The number of hydrogen-bond donors (Lipinski definition) is 2. The summed E-state index contributed by atoms with van der Waals surface area (Å²) in [4.78, 5) is 22.7. The molecule has 1 unspecified atom stereocenters. The zero-order valence-electron chi connectivity index (χ0n) is 14.3. The fourth-order valence-corrected chi connectivity index (χ4v) is 2.35. The number of amides is 1. The average Bonchev–Trinajstić information content (AvgIpc) is 2.64. The van der Waals surface area contributed by atoms with Crippen LogP contribution in [-0.2, 0) is 16.1 Å². The molecule has 132 valence electrons. The molecule has 1 amide bonds. The van der Waals surface area contributed by atoms with E-state index in [-0.39, 0.29) is 18.2 Å². The monoisotopic (exact) mass is 341 g/mol. The van der Waals surface area contributed by atoms with Crippen LogP contribution in [0.4, 0.5) is 0 Å². The molecule has 0 bridgehead atoms. The van der Waals surface area contributed by atoms with Crippen molar-refractivity contribution in [1.82, 2.24) is 5.32 Å². The van der Waals surface area contributed by atoms with E-state index in [1.807, 2.05) is 61.5 Å². The van der Waals surface area contributed by atoms with Gasteiger partial charge in [-0.25, -0.2) is 0 Å². The number of hydrogen-bond acceptors (Lipinski definition) is 3. The van der Waals surface area contributed by atoms with Crippen molar-refractivity contribution in [2.45, 2.75) is 32.2 Å². The highest BCUT2D eigenvalue weighted by Crippen LogP contribution is 2.16. The summed E-state index contributed by atoms with van der Waals surface area (Å²) in [7, 11) is 0. The molecule has 0 aliphatic heterocycles. The molecule has 2 aromatic rings. The number of benzene rings is 2. The van der Waals surface area contributed by atoms with Gasteiger partial charge in [-0.2, -0.15) is 0 Å². The van der Waals surface area contributed by atoms with Gasteiger partial charge in [-0.05, 0) is 36.6 Å². The predicted octanol–water partition coefficient (Wildman–Crippen LogP) is 3.35. The summed E-state index contributed by atoms with van der Waals surface area (Å²) < 4.78 is 5.48. The fraction of sp³-hybridized carbons (Fsp3) is 0.300. The molecule has 2 N–H and O–H groups in total. The highest BCUT2D eigenvalue weighted by Gasteiger charge is 2.14.